The fourth-order valence-electron chi connectivity index (χ4n) is 3.41. The number of rotatable bonds is 5. The predicted octanol–water partition coefficient (Wildman–Crippen LogP) is 1.94. The molecule has 0 aromatic rings. The minimum absolute atomic E-state index is 0.0468. The van der Waals surface area contributed by atoms with Crippen LogP contribution in [-0.2, 0) is 14.3 Å². The summed E-state index contributed by atoms with van der Waals surface area (Å²) in [6.07, 6.45) is 5.83. The highest BCUT2D eigenvalue weighted by molar-refractivity contribution is 5.97. The molecule has 112 valence electrons. The first-order valence-electron chi connectivity index (χ1n) is 7.06. The van der Waals surface area contributed by atoms with E-state index in [1.165, 1.54) is 0 Å². The van der Waals surface area contributed by atoms with Gasteiger partial charge in [0.2, 0.25) is 0 Å². The Morgan fingerprint density at radius 2 is 2.10 bits per heavy atom. The highest BCUT2D eigenvalue weighted by Gasteiger charge is 2.55. The monoisotopic (exact) mass is 280 g/mol. The van der Waals surface area contributed by atoms with Gasteiger partial charge in [0, 0.05) is 23.9 Å². The van der Waals surface area contributed by atoms with Crippen molar-refractivity contribution in [2.24, 2.45) is 22.7 Å². The summed E-state index contributed by atoms with van der Waals surface area (Å²) in [5, 5.41) is 9.92. The summed E-state index contributed by atoms with van der Waals surface area (Å²) in [7, 11) is 1.59. The van der Waals surface area contributed by atoms with Gasteiger partial charge in [0.25, 0.3) is 0 Å². The number of hydrogen-bond acceptors (Lipinski definition) is 4. The van der Waals surface area contributed by atoms with Gasteiger partial charge >= 0.3 is 0 Å². The molecule has 1 N–H and O–H groups in total. The van der Waals surface area contributed by atoms with Crippen LogP contribution in [0, 0.1) is 22.7 Å². The summed E-state index contributed by atoms with van der Waals surface area (Å²) in [4.78, 5) is 12.1. The molecular weight excluding hydrogens is 256 g/mol. The zero-order valence-corrected chi connectivity index (χ0v) is 12.7. The average Bonchev–Trinajstić information content (AvgIpc) is 2.70. The Hall–Kier alpha value is -0.970. The van der Waals surface area contributed by atoms with Crippen LogP contribution < -0.4 is 0 Å². The molecule has 2 rings (SSSR count). The Morgan fingerprint density at radius 3 is 2.70 bits per heavy atom. The van der Waals surface area contributed by atoms with Crippen molar-refractivity contribution < 1.29 is 19.4 Å². The number of aliphatic hydroxyl groups is 1. The number of aliphatic hydroxyl groups excluding tert-OH is 1. The summed E-state index contributed by atoms with van der Waals surface area (Å²) >= 11 is 0. The van der Waals surface area contributed by atoms with Gasteiger partial charge < -0.3 is 14.6 Å². The van der Waals surface area contributed by atoms with Crippen molar-refractivity contribution >= 4 is 5.78 Å². The van der Waals surface area contributed by atoms with Gasteiger partial charge in [0.1, 0.15) is 6.79 Å². The summed E-state index contributed by atoms with van der Waals surface area (Å²) in [6.45, 7) is 6.75. The van der Waals surface area contributed by atoms with Gasteiger partial charge in [-0.1, -0.05) is 32.9 Å². The predicted molar refractivity (Wildman–Crippen MR) is 76.0 cm³/mol. The number of carbonyl (C=O) groups excluding carboxylic acids is 1. The molecule has 4 atom stereocenters. The van der Waals surface area contributed by atoms with E-state index < -0.39 is 5.41 Å². The molecule has 2 aliphatic rings. The standard InChI is InChI=1S/C16H24O4/c1-11-5-6-16(8-17)12(2)13(18)7-14(16)15(11,3)9-20-10-19-4/h5-7,11-12,17H,8-10H2,1-4H3/t11-,12+,15-,16-/m0/s1. The van der Waals surface area contributed by atoms with Crippen LogP contribution in [0.15, 0.2) is 23.8 Å². The van der Waals surface area contributed by atoms with Gasteiger partial charge in [-0.25, -0.2) is 0 Å². The molecule has 0 aliphatic heterocycles. The van der Waals surface area contributed by atoms with E-state index in [9.17, 15) is 9.90 Å². The normalized spacial score (nSPS) is 39.9. The van der Waals surface area contributed by atoms with E-state index in [1.807, 2.05) is 13.0 Å². The maximum atomic E-state index is 12.1. The van der Waals surface area contributed by atoms with Crippen LogP contribution >= 0.6 is 0 Å². The van der Waals surface area contributed by atoms with Crippen LogP contribution in [0.3, 0.4) is 0 Å². The first-order valence-corrected chi connectivity index (χ1v) is 7.06. The maximum absolute atomic E-state index is 12.1. The number of ketones is 1. The largest absolute Gasteiger partial charge is 0.395 e. The second-order valence-electron chi connectivity index (χ2n) is 6.20. The molecule has 0 saturated carbocycles. The first kappa shape index (κ1) is 15.4. The lowest BCUT2D eigenvalue weighted by molar-refractivity contribution is -0.119. The SMILES string of the molecule is COCOC[C@]1(C)C2=CC(=O)[C@@H](C)[C@@]2(CO)C=C[C@@H]1C. The van der Waals surface area contributed by atoms with Crippen LogP contribution in [-0.4, -0.2) is 38.0 Å². The molecule has 0 aromatic heterocycles. The molecule has 4 nitrogen and oxygen atoms in total. The zero-order chi connectivity index (χ0) is 15.0. The Labute approximate surface area is 120 Å². The van der Waals surface area contributed by atoms with E-state index in [0.717, 1.165) is 5.57 Å². The molecule has 0 aromatic carbocycles. The van der Waals surface area contributed by atoms with Crippen molar-refractivity contribution in [3.8, 4) is 0 Å². The number of carbonyl (C=O) groups is 1. The lowest BCUT2D eigenvalue weighted by atomic mass is 9.58. The third-order valence-corrected chi connectivity index (χ3v) is 5.15. The number of fused-ring (bicyclic) bond motifs is 1. The molecule has 0 saturated heterocycles. The Bertz CT molecular complexity index is 453. The Balaban J connectivity index is 2.40. The van der Waals surface area contributed by atoms with Crippen molar-refractivity contribution in [2.75, 3.05) is 27.1 Å². The fourth-order valence-corrected chi connectivity index (χ4v) is 3.41. The second-order valence-corrected chi connectivity index (χ2v) is 6.20. The summed E-state index contributed by atoms with van der Waals surface area (Å²) < 4.78 is 10.5. The molecule has 0 fully saturated rings. The van der Waals surface area contributed by atoms with Crippen molar-refractivity contribution in [1.82, 2.24) is 0 Å². The highest BCUT2D eigenvalue weighted by atomic mass is 16.7. The van der Waals surface area contributed by atoms with Crippen LogP contribution in [0.1, 0.15) is 20.8 Å². The van der Waals surface area contributed by atoms with E-state index >= 15 is 0 Å². The van der Waals surface area contributed by atoms with Gasteiger partial charge in [0.15, 0.2) is 5.78 Å². The molecule has 0 bridgehead atoms. The summed E-state index contributed by atoms with van der Waals surface area (Å²) in [5.74, 6) is 0.113. The van der Waals surface area contributed by atoms with Crippen LogP contribution in [0.25, 0.3) is 0 Å². The number of methoxy groups -OCH3 is 1. The summed E-state index contributed by atoms with van der Waals surface area (Å²) in [6, 6.07) is 0. The minimum atomic E-state index is -0.561. The van der Waals surface area contributed by atoms with Crippen LogP contribution in [0.5, 0.6) is 0 Å². The third-order valence-electron chi connectivity index (χ3n) is 5.15. The Morgan fingerprint density at radius 1 is 1.40 bits per heavy atom. The molecule has 0 radical (unpaired) electrons. The molecular formula is C16H24O4. The van der Waals surface area contributed by atoms with Crippen LogP contribution in [0.2, 0.25) is 0 Å². The topological polar surface area (TPSA) is 55.8 Å². The lowest BCUT2D eigenvalue weighted by Gasteiger charge is -2.47. The zero-order valence-electron chi connectivity index (χ0n) is 12.7. The quantitative estimate of drug-likeness (QED) is 0.475. The van der Waals surface area contributed by atoms with Crippen LogP contribution in [0.4, 0.5) is 0 Å². The fraction of sp³-hybridized carbons (Fsp3) is 0.688. The van der Waals surface area contributed by atoms with E-state index in [-0.39, 0.29) is 36.4 Å². The smallest absolute Gasteiger partial charge is 0.159 e. The first-order chi connectivity index (χ1) is 9.42. The van der Waals surface area contributed by atoms with Crippen molar-refractivity contribution in [3.63, 3.8) is 0 Å². The molecule has 4 heteroatoms. The van der Waals surface area contributed by atoms with E-state index in [2.05, 4.69) is 19.9 Å². The molecule has 20 heavy (non-hydrogen) atoms. The Kier molecular flexibility index (Phi) is 4.19. The van der Waals surface area contributed by atoms with Crippen molar-refractivity contribution in [3.05, 3.63) is 23.8 Å². The van der Waals surface area contributed by atoms with Gasteiger partial charge in [-0.15, -0.1) is 0 Å². The molecule has 0 spiro atoms. The molecule has 0 unspecified atom stereocenters. The number of allylic oxidation sites excluding steroid dienone is 2. The van der Waals surface area contributed by atoms with Gasteiger partial charge in [-0.05, 0) is 17.6 Å². The van der Waals surface area contributed by atoms with Gasteiger partial charge in [0.05, 0.1) is 13.2 Å². The van der Waals surface area contributed by atoms with E-state index in [4.69, 9.17) is 9.47 Å². The van der Waals surface area contributed by atoms with Gasteiger partial charge in [-0.2, -0.15) is 0 Å². The van der Waals surface area contributed by atoms with E-state index in [0.29, 0.717) is 6.61 Å². The lowest BCUT2D eigenvalue weighted by Crippen LogP contribution is -2.45. The minimum Gasteiger partial charge on any atom is -0.395 e. The maximum Gasteiger partial charge on any atom is 0.159 e. The molecule has 0 heterocycles. The van der Waals surface area contributed by atoms with E-state index in [1.54, 1.807) is 13.2 Å². The number of ether oxygens (including phenoxy) is 2. The summed E-state index contributed by atoms with van der Waals surface area (Å²) in [5.41, 5.74) is 0.140. The number of hydrogen-bond donors (Lipinski definition) is 1. The molecule has 2 aliphatic carbocycles. The van der Waals surface area contributed by atoms with Gasteiger partial charge in [-0.3, -0.25) is 4.79 Å². The molecule has 0 amide bonds. The average molecular weight is 280 g/mol. The second kappa shape index (κ2) is 5.43. The highest BCUT2D eigenvalue weighted by Crippen LogP contribution is 2.56. The van der Waals surface area contributed by atoms with Crippen molar-refractivity contribution in [2.45, 2.75) is 20.8 Å². The third kappa shape index (κ3) is 2.07. The van der Waals surface area contributed by atoms with Crippen molar-refractivity contribution in [1.29, 1.82) is 0 Å².